The molecule has 13 heteroatoms. The largest absolute Gasteiger partial charge is 0.426 e. The van der Waals surface area contributed by atoms with Crippen molar-refractivity contribution < 1.29 is 36.0 Å². The topological polar surface area (TPSA) is 147 Å². The minimum absolute atomic E-state index is 0.00296. The highest BCUT2D eigenvalue weighted by Gasteiger charge is 2.42. The summed E-state index contributed by atoms with van der Waals surface area (Å²) in [5.41, 5.74) is 0.627. The maximum absolute atomic E-state index is 13.7. The van der Waals surface area contributed by atoms with E-state index in [4.69, 9.17) is 4.74 Å². The van der Waals surface area contributed by atoms with E-state index in [2.05, 4.69) is 5.32 Å². The van der Waals surface area contributed by atoms with Crippen LogP contribution < -0.4 is 10.1 Å². The molecule has 0 aliphatic carbocycles. The van der Waals surface area contributed by atoms with Crippen molar-refractivity contribution in [3.8, 4) is 5.75 Å². The van der Waals surface area contributed by atoms with E-state index in [9.17, 15) is 31.2 Å². The molecule has 42 heavy (non-hydrogen) atoms. The van der Waals surface area contributed by atoms with E-state index >= 15 is 0 Å². The van der Waals surface area contributed by atoms with Gasteiger partial charge in [-0.1, -0.05) is 12.1 Å². The molecule has 11 nitrogen and oxygen atoms in total. The Morgan fingerprint density at radius 1 is 0.929 bits per heavy atom. The van der Waals surface area contributed by atoms with E-state index in [-0.39, 0.29) is 52.9 Å². The van der Waals surface area contributed by atoms with Crippen LogP contribution in [0, 0.1) is 5.92 Å². The molecular formula is C29H37N3O8S2. The quantitative estimate of drug-likeness (QED) is 0.325. The SMILES string of the molecule is CC(=O)N1CCN(C(=O)Cc2ccc(S(C)(=O)=O)cc2)C(C(CC2CCCN2)C(=O)Oc2ccc(S(C)(=O)=O)cc2)C1. The number of esters is 1. The first-order chi connectivity index (χ1) is 19.7. The molecular weight excluding hydrogens is 582 g/mol. The zero-order valence-electron chi connectivity index (χ0n) is 24.0. The number of nitrogens with zero attached hydrogens (tertiary/aromatic N) is 2. The summed E-state index contributed by atoms with van der Waals surface area (Å²) in [7, 11) is -6.80. The third kappa shape index (κ3) is 7.96. The van der Waals surface area contributed by atoms with Gasteiger partial charge in [-0.25, -0.2) is 16.8 Å². The van der Waals surface area contributed by atoms with Gasteiger partial charge in [0, 0.05) is 45.1 Å². The molecule has 2 heterocycles. The van der Waals surface area contributed by atoms with Crippen molar-refractivity contribution in [2.45, 2.75) is 54.5 Å². The first-order valence-corrected chi connectivity index (χ1v) is 17.6. The van der Waals surface area contributed by atoms with Gasteiger partial charge in [-0.05, 0) is 67.8 Å². The third-order valence-corrected chi connectivity index (χ3v) is 10.1. The predicted molar refractivity (Wildman–Crippen MR) is 155 cm³/mol. The number of carbonyl (C=O) groups excluding carboxylic acids is 3. The summed E-state index contributed by atoms with van der Waals surface area (Å²) in [6.07, 6.45) is 4.41. The van der Waals surface area contributed by atoms with Crippen LogP contribution in [-0.4, -0.2) is 95.2 Å². The Morgan fingerprint density at radius 3 is 2.05 bits per heavy atom. The van der Waals surface area contributed by atoms with Gasteiger partial charge >= 0.3 is 5.97 Å². The van der Waals surface area contributed by atoms with Crippen LogP contribution in [0.3, 0.4) is 0 Å². The maximum Gasteiger partial charge on any atom is 0.316 e. The minimum atomic E-state index is -3.42. The van der Waals surface area contributed by atoms with Crippen molar-refractivity contribution in [2.75, 3.05) is 38.7 Å². The number of hydrogen-bond donors (Lipinski definition) is 1. The molecule has 3 atom stereocenters. The molecule has 0 bridgehead atoms. The Balaban J connectivity index is 1.60. The van der Waals surface area contributed by atoms with Crippen molar-refractivity contribution in [3.63, 3.8) is 0 Å². The smallest absolute Gasteiger partial charge is 0.316 e. The van der Waals surface area contributed by atoms with Crippen LogP contribution in [0.15, 0.2) is 58.3 Å². The standard InChI is InChI=1S/C29H37N3O8S2/c1-20(33)31-15-16-32(28(34)17-21-6-10-24(11-7-21)41(2,36)37)27(19-31)26(18-22-5-4-14-30-22)29(35)40-23-8-12-25(13-9-23)42(3,38)39/h6-13,22,26-27,30H,4-5,14-19H2,1-3H3. The highest BCUT2D eigenvalue weighted by Crippen LogP contribution is 2.28. The second kappa shape index (κ2) is 12.9. The summed E-state index contributed by atoms with van der Waals surface area (Å²) in [4.78, 5) is 43.3. The van der Waals surface area contributed by atoms with Crippen molar-refractivity contribution in [2.24, 2.45) is 5.92 Å². The number of rotatable bonds is 9. The summed E-state index contributed by atoms with van der Waals surface area (Å²) in [6.45, 7) is 2.98. The fraction of sp³-hybridized carbons (Fsp3) is 0.483. The predicted octanol–water partition coefficient (Wildman–Crippen LogP) is 1.46. The number of amides is 2. The van der Waals surface area contributed by atoms with Gasteiger partial charge in [0.25, 0.3) is 0 Å². The van der Waals surface area contributed by atoms with E-state index in [1.807, 2.05) is 0 Å². The summed E-state index contributed by atoms with van der Waals surface area (Å²) < 4.78 is 53.1. The molecule has 2 aliphatic rings. The molecule has 3 unspecified atom stereocenters. The summed E-state index contributed by atoms with van der Waals surface area (Å²) in [6, 6.07) is 11.1. The van der Waals surface area contributed by atoms with E-state index in [1.165, 1.54) is 43.3 Å². The van der Waals surface area contributed by atoms with Crippen LogP contribution in [0.5, 0.6) is 5.75 Å². The van der Waals surface area contributed by atoms with Gasteiger partial charge in [-0.2, -0.15) is 0 Å². The highest BCUT2D eigenvalue weighted by atomic mass is 32.2. The van der Waals surface area contributed by atoms with Crippen LogP contribution in [0.2, 0.25) is 0 Å². The van der Waals surface area contributed by atoms with Gasteiger partial charge in [0.15, 0.2) is 19.7 Å². The molecule has 0 spiro atoms. The van der Waals surface area contributed by atoms with Crippen molar-refractivity contribution in [3.05, 3.63) is 54.1 Å². The molecule has 2 amide bonds. The molecule has 2 fully saturated rings. The lowest BCUT2D eigenvalue weighted by Gasteiger charge is -2.44. The van der Waals surface area contributed by atoms with Gasteiger partial charge in [0.05, 0.1) is 28.2 Å². The number of nitrogens with one attached hydrogen (secondary N) is 1. The average Bonchev–Trinajstić information content (AvgIpc) is 3.44. The van der Waals surface area contributed by atoms with Gasteiger partial charge in [0.2, 0.25) is 11.8 Å². The Bertz CT molecular complexity index is 1520. The Hall–Kier alpha value is -3.29. The van der Waals surface area contributed by atoms with Crippen LogP contribution >= 0.6 is 0 Å². The molecule has 0 saturated carbocycles. The Morgan fingerprint density at radius 2 is 1.52 bits per heavy atom. The lowest BCUT2D eigenvalue weighted by molar-refractivity contribution is -0.151. The van der Waals surface area contributed by atoms with E-state index in [1.54, 1.807) is 21.9 Å². The molecule has 1 N–H and O–H groups in total. The number of hydrogen-bond acceptors (Lipinski definition) is 9. The van der Waals surface area contributed by atoms with E-state index in [0.29, 0.717) is 18.5 Å². The summed E-state index contributed by atoms with van der Waals surface area (Å²) in [5.74, 6) is -1.56. The first-order valence-electron chi connectivity index (χ1n) is 13.8. The normalized spacial score (nSPS) is 20.3. The zero-order chi connectivity index (χ0) is 30.7. The molecule has 2 aromatic rings. The lowest BCUT2D eigenvalue weighted by atomic mass is 9.88. The third-order valence-electron chi connectivity index (χ3n) is 7.83. The lowest BCUT2D eigenvalue weighted by Crippen LogP contribution is -2.61. The zero-order valence-corrected chi connectivity index (χ0v) is 25.6. The van der Waals surface area contributed by atoms with E-state index < -0.39 is 37.6 Å². The molecule has 0 aromatic heterocycles. The monoisotopic (exact) mass is 619 g/mol. The van der Waals surface area contributed by atoms with Crippen LogP contribution in [0.1, 0.15) is 31.7 Å². The van der Waals surface area contributed by atoms with Crippen molar-refractivity contribution in [1.29, 1.82) is 0 Å². The number of sulfone groups is 2. The Kier molecular flexibility index (Phi) is 9.74. The maximum atomic E-state index is 13.7. The number of piperazine rings is 1. The molecule has 4 rings (SSSR count). The van der Waals surface area contributed by atoms with Crippen LogP contribution in [0.25, 0.3) is 0 Å². The number of benzene rings is 2. The fourth-order valence-electron chi connectivity index (χ4n) is 5.50. The fourth-order valence-corrected chi connectivity index (χ4v) is 6.76. The highest BCUT2D eigenvalue weighted by molar-refractivity contribution is 7.91. The summed E-state index contributed by atoms with van der Waals surface area (Å²) >= 11 is 0. The van der Waals surface area contributed by atoms with Gasteiger partial charge in [-0.3, -0.25) is 14.4 Å². The molecule has 228 valence electrons. The molecule has 2 aliphatic heterocycles. The second-order valence-corrected chi connectivity index (χ2v) is 15.0. The van der Waals surface area contributed by atoms with Gasteiger partial charge in [0.1, 0.15) is 5.75 Å². The summed E-state index contributed by atoms with van der Waals surface area (Å²) in [5, 5.41) is 3.40. The van der Waals surface area contributed by atoms with Crippen LogP contribution in [-0.2, 0) is 40.5 Å². The Labute approximate surface area is 247 Å². The molecule has 2 aromatic carbocycles. The van der Waals surface area contributed by atoms with Gasteiger partial charge in [-0.15, -0.1) is 0 Å². The number of ether oxygens (including phenoxy) is 1. The molecule has 2 saturated heterocycles. The minimum Gasteiger partial charge on any atom is -0.426 e. The van der Waals surface area contributed by atoms with Crippen molar-refractivity contribution >= 4 is 37.5 Å². The molecule has 0 radical (unpaired) electrons. The van der Waals surface area contributed by atoms with E-state index in [0.717, 1.165) is 31.9 Å². The van der Waals surface area contributed by atoms with Gasteiger partial charge < -0.3 is 19.9 Å². The van der Waals surface area contributed by atoms with Crippen LogP contribution in [0.4, 0.5) is 0 Å². The average molecular weight is 620 g/mol. The first kappa shape index (κ1) is 31.6. The number of carbonyl (C=O) groups is 3. The second-order valence-electron chi connectivity index (χ2n) is 11.0. The van der Waals surface area contributed by atoms with Crippen molar-refractivity contribution in [1.82, 2.24) is 15.1 Å².